The number of carbonyl (C=O) groups is 1. The minimum Gasteiger partial charge on any atom is -0.378 e. The van der Waals surface area contributed by atoms with Gasteiger partial charge in [0.25, 0.3) is 0 Å². The summed E-state index contributed by atoms with van der Waals surface area (Å²) in [7, 11) is 0. The summed E-state index contributed by atoms with van der Waals surface area (Å²) in [6.07, 6.45) is 6.74. The van der Waals surface area contributed by atoms with Gasteiger partial charge in [-0.15, -0.1) is 0 Å². The average Bonchev–Trinajstić information content (AvgIpc) is 3.15. The van der Waals surface area contributed by atoms with E-state index in [1.54, 1.807) is 0 Å². The fraction of sp³-hybridized carbons (Fsp3) is 0.789. The van der Waals surface area contributed by atoms with Gasteiger partial charge >= 0.3 is 0 Å². The molecule has 1 aromatic rings. The maximum atomic E-state index is 12.6. The van der Waals surface area contributed by atoms with Crippen molar-refractivity contribution in [2.75, 3.05) is 6.61 Å². The molecule has 0 radical (unpaired) electrons. The lowest BCUT2D eigenvalue weighted by Crippen LogP contribution is -2.63. The van der Waals surface area contributed by atoms with E-state index >= 15 is 0 Å². The predicted octanol–water partition coefficient (Wildman–Crippen LogP) is 3.37. The highest BCUT2D eigenvalue weighted by Gasteiger charge is 2.57. The zero-order valence-electron chi connectivity index (χ0n) is 15.4. The molecule has 1 heterocycles. The van der Waals surface area contributed by atoms with Crippen molar-refractivity contribution in [2.45, 2.75) is 84.3 Å². The van der Waals surface area contributed by atoms with Gasteiger partial charge in [-0.1, -0.05) is 19.8 Å². The lowest BCUT2D eigenvalue weighted by Gasteiger charge is -2.54. The molecular weight excluding hydrogens is 302 g/mol. The molecule has 3 rings (SSSR count). The van der Waals surface area contributed by atoms with Gasteiger partial charge < -0.3 is 10.1 Å². The number of hydrogen-bond acceptors (Lipinski definition) is 3. The van der Waals surface area contributed by atoms with E-state index < -0.39 is 0 Å². The molecule has 0 bridgehead atoms. The highest BCUT2D eigenvalue weighted by Crippen LogP contribution is 2.54. The molecule has 2 N–H and O–H groups in total. The number of nitrogens with zero attached hydrogens (tertiary/aromatic N) is 1. The van der Waals surface area contributed by atoms with Crippen LogP contribution in [0.25, 0.3) is 0 Å². The summed E-state index contributed by atoms with van der Waals surface area (Å²) >= 11 is 0. The summed E-state index contributed by atoms with van der Waals surface area (Å²) in [5.41, 5.74) is 3.46. The monoisotopic (exact) mass is 333 g/mol. The second-order valence-electron chi connectivity index (χ2n) is 7.69. The number of ether oxygens (including phenoxy) is 1. The van der Waals surface area contributed by atoms with Gasteiger partial charge in [-0.05, 0) is 51.5 Å². The van der Waals surface area contributed by atoms with E-state index in [-0.39, 0.29) is 17.2 Å². The number of nitrogens with one attached hydrogen (secondary N) is 2. The molecular formula is C19H31N3O2. The van der Waals surface area contributed by atoms with Gasteiger partial charge in [0.1, 0.15) is 0 Å². The lowest BCUT2D eigenvalue weighted by atomic mass is 9.60. The Morgan fingerprint density at radius 3 is 2.71 bits per heavy atom. The van der Waals surface area contributed by atoms with Crippen LogP contribution in [-0.4, -0.2) is 34.9 Å². The first-order valence-corrected chi connectivity index (χ1v) is 9.40. The first-order chi connectivity index (χ1) is 11.5. The summed E-state index contributed by atoms with van der Waals surface area (Å²) in [5.74, 6) is 0.347. The van der Waals surface area contributed by atoms with Crippen molar-refractivity contribution in [1.82, 2.24) is 15.5 Å². The van der Waals surface area contributed by atoms with Crippen molar-refractivity contribution in [2.24, 2.45) is 5.41 Å². The van der Waals surface area contributed by atoms with Crippen LogP contribution in [-0.2, 0) is 9.53 Å². The largest absolute Gasteiger partial charge is 0.378 e. The topological polar surface area (TPSA) is 67.0 Å². The maximum Gasteiger partial charge on any atom is 0.220 e. The number of H-pyrrole nitrogens is 1. The molecule has 134 valence electrons. The normalized spacial score (nSPS) is 26.3. The number of hydrogen-bond donors (Lipinski definition) is 2. The average molecular weight is 333 g/mol. The molecule has 1 spiro atoms. The van der Waals surface area contributed by atoms with Crippen LogP contribution in [0.3, 0.4) is 0 Å². The molecule has 2 aliphatic carbocycles. The smallest absolute Gasteiger partial charge is 0.220 e. The Labute approximate surface area is 144 Å². The van der Waals surface area contributed by atoms with Gasteiger partial charge in [-0.25, -0.2) is 0 Å². The van der Waals surface area contributed by atoms with Crippen LogP contribution < -0.4 is 5.32 Å². The minimum atomic E-state index is 0.161. The zero-order valence-corrected chi connectivity index (χ0v) is 15.4. The molecule has 3 atom stereocenters. The fourth-order valence-electron chi connectivity index (χ4n) is 5.01. The number of aryl methyl sites for hydroxylation is 2. The van der Waals surface area contributed by atoms with E-state index in [1.165, 1.54) is 31.2 Å². The third-order valence-corrected chi connectivity index (χ3v) is 6.19. The molecule has 0 saturated heterocycles. The minimum absolute atomic E-state index is 0.161. The van der Waals surface area contributed by atoms with E-state index in [4.69, 9.17) is 4.74 Å². The molecule has 1 aromatic heterocycles. The summed E-state index contributed by atoms with van der Waals surface area (Å²) in [6.45, 7) is 8.96. The van der Waals surface area contributed by atoms with Crippen molar-refractivity contribution >= 4 is 5.91 Å². The van der Waals surface area contributed by atoms with E-state index in [2.05, 4.69) is 29.4 Å². The summed E-state index contributed by atoms with van der Waals surface area (Å²) in [5, 5.41) is 10.6. The standard InChI is InChI=1S/C19H31N3O2/c1-5-24-16-11-15(19(16)8-6-7-9-19)20-17(23)10-12(2)18-13(3)21-22-14(18)4/h12,15-16H,5-11H2,1-4H3,(H,20,23)(H,21,22)/t12-,15+,16-/m1/s1. The van der Waals surface area contributed by atoms with Crippen LogP contribution in [0.5, 0.6) is 0 Å². The molecule has 2 fully saturated rings. The van der Waals surface area contributed by atoms with E-state index in [9.17, 15) is 4.79 Å². The molecule has 5 nitrogen and oxygen atoms in total. The van der Waals surface area contributed by atoms with Crippen molar-refractivity contribution < 1.29 is 9.53 Å². The Morgan fingerprint density at radius 1 is 1.42 bits per heavy atom. The van der Waals surface area contributed by atoms with Crippen molar-refractivity contribution in [3.63, 3.8) is 0 Å². The first kappa shape index (κ1) is 17.5. The zero-order chi connectivity index (χ0) is 17.3. The molecule has 1 amide bonds. The van der Waals surface area contributed by atoms with Crippen LogP contribution in [0, 0.1) is 19.3 Å². The molecule has 5 heteroatoms. The first-order valence-electron chi connectivity index (χ1n) is 9.40. The van der Waals surface area contributed by atoms with Crippen LogP contribution in [0.2, 0.25) is 0 Å². The third kappa shape index (κ3) is 2.99. The van der Waals surface area contributed by atoms with Crippen molar-refractivity contribution in [1.29, 1.82) is 0 Å². The van der Waals surface area contributed by atoms with Gasteiger partial charge in [0.15, 0.2) is 0 Å². The number of rotatable bonds is 6. The number of amides is 1. The van der Waals surface area contributed by atoms with Crippen LogP contribution in [0.4, 0.5) is 0 Å². The van der Waals surface area contributed by atoms with E-state index in [1.807, 2.05) is 13.8 Å². The molecule has 2 aliphatic rings. The van der Waals surface area contributed by atoms with E-state index in [0.29, 0.717) is 18.6 Å². The Kier molecular flexibility index (Phi) is 5.00. The van der Waals surface area contributed by atoms with Crippen LogP contribution in [0.1, 0.15) is 75.2 Å². The van der Waals surface area contributed by atoms with Crippen LogP contribution in [0.15, 0.2) is 0 Å². The molecule has 2 saturated carbocycles. The predicted molar refractivity (Wildman–Crippen MR) is 94.0 cm³/mol. The SMILES string of the molecule is CCO[C@@H]1C[C@H](NC(=O)C[C@@H](C)c2c(C)n[nH]c2C)C12CCCC2. The molecule has 0 unspecified atom stereocenters. The summed E-state index contributed by atoms with van der Waals surface area (Å²) in [6, 6.07) is 0.294. The van der Waals surface area contributed by atoms with Gasteiger partial charge in [-0.3, -0.25) is 9.89 Å². The van der Waals surface area contributed by atoms with Gasteiger partial charge in [-0.2, -0.15) is 5.10 Å². The lowest BCUT2D eigenvalue weighted by molar-refractivity contribution is -0.144. The second kappa shape index (κ2) is 6.87. The highest BCUT2D eigenvalue weighted by molar-refractivity contribution is 5.77. The molecule has 0 aromatic carbocycles. The third-order valence-electron chi connectivity index (χ3n) is 6.19. The second-order valence-corrected chi connectivity index (χ2v) is 7.69. The highest BCUT2D eigenvalue weighted by atomic mass is 16.5. The molecule has 0 aliphatic heterocycles. The number of carbonyl (C=O) groups excluding carboxylic acids is 1. The Bertz CT molecular complexity index is 570. The Morgan fingerprint density at radius 2 is 2.12 bits per heavy atom. The van der Waals surface area contributed by atoms with Crippen molar-refractivity contribution in [3.8, 4) is 0 Å². The summed E-state index contributed by atoms with van der Waals surface area (Å²) in [4.78, 5) is 12.6. The number of aromatic nitrogens is 2. The van der Waals surface area contributed by atoms with Crippen LogP contribution >= 0.6 is 0 Å². The Hall–Kier alpha value is -1.36. The van der Waals surface area contributed by atoms with Gasteiger partial charge in [0.2, 0.25) is 5.91 Å². The van der Waals surface area contributed by atoms with Gasteiger partial charge in [0.05, 0.1) is 11.8 Å². The number of aromatic amines is 1. The maximum absolute atomic E-state index is 12.6. The van der Waals surface area contributed by atoms with Gasteiger partial charge in [0, 0.05) is 30.2 Å². The van der Waals surface area contributed by atoms with Crippen molar-refractivity contribution in [3.05, 3.63) is 17.0 Å². The molecule has 24 heavy (non-hydrogen) atoms. The Balaban J connectivity index is 1.59. The van der Waals surface area contributed by atoms with E-state index in [0.717, 1.165) is 24.4 Å². The fourth-order valence-corrected chi connectivity index (χ4v) is 5.01. The summed E-state index contributed by atoms with van der Waals surface area (Å²) < 4.78 is 5.94. The quantitative estimate of drug-likeness (QED) is 0.839.